The molecule has 7 nitrogen and oxygen atoms in total. The van der Waals surface area contributed by atoms with Crippen LogP contribution >= 0.6 is 0 Å². The van der Waals surface area contributed by atoms with E-state index in [9.17, 15) is 0 Å². The maximum Gasteiger partial charge on any atom is 0.125 e. The Morgan fingerprint density at radius 2 is 1.94 bits per heavy atom. The Kier molecular flexibility index (Phi) is 5.93. The van der Waals surface area contributed by atoms with Crippen LogP contribution in [0.15, 0.2) is 61.4 Å². The van der Waals surface area contributed by atoms with Crippen LogP contribution in [0.3, 0.4) is 0 Å². The smallest absolute Gasteiger partial charge is 0.125 e. The van der Waals surface area contributed by atoms with Crippen LogP contribution in [0.2, 0.25) is 0 Å². The van der Waals surface area contributed by atoms with E-state index in [1.54, 1.807) is 12.7 Å². The first-order valence-electron chi connectivity index (χ1n) is 11.2. The summed E-state index contributed by atoms with van der Waals surface area (Å²) in [4.78, 5) is 10.4. The predicted octanol–water partition coefficient (Wildman–Crippen LogP) is 3.90. The van der Waals surface area contributed by atoms with Crippen molar-refractivity contribution < 1.29 is 0 Å². The molecule has 0 atom stereocenters. The van der Waals surface area contributed by atoms with Crippen LogP contribution in [-0.4, -0.2) is 55.8 Å². The Morgan fingerprint density at radius 3 is 2.74 bits per heavy atom. The number of fused-ring (bicyclic) bond motifs is 1. The van der Waals surface area contributed by atoms with Crippen LogP contribution in [0.4, 0.5) is 5.82 Å². The van der Waals surface area contributed by atoms with E-state index in [1.165, 1.54) is 48.8 Å². The van der Waals surface area contributed by atoms with Gasteiger partial charge < -0.3 is 15.2 Å². The molecule has 3 aromatic heterocycles. The molecule has 4 heterocycles. The minimum Gasteiger partial charge on any atom is -0.370 e. The lowest BCUT2D eigenvalue weighted by Crippen LogP contribution is -2.36. The number of likely N-dealkylation sites (tertiary alicyclic amines) is 1. The van der Waals surface area contributed by atoms with Crippen molar-refractivity contribution in [2.24, 2.45) is 5.92 Å². The Labute approximate surface area is 182 Å². The summed E-state index contributed by atoms with van der Waals surface area (Å²) in [5.41, 5.74) is 3.67. The monoisotopic (exact) mass is 415 g/mol. The number of rotatable bonds is 8. The second-order valence-corrected chi connectivity index (χ2v) is 8.40. The van der Waals surface area contributed by atoms with Crippen molar-refractivity contribution >= 4 is 16.7 Å². The van der Waals surface area contributed by atoms with E-state index in [1.807, 2.05) is 29.0 Å². The molecular formula is C24H29N7. The van der Waals surface area contributed by atoms with Crippen LogP contribution in [0.25, 0.3) is 16.6 Å². The van der Waals surface area contributed by atoms with Crippen LogP contribution in [-0.2, 0) is 6.42 Å². The number of aryl methyl sites for hydroxylation is 1. The molecule has 7 heteroatoms. The van der Waals surface area contributed by atoms with Gasteiger partial charge in [0.15, 0.2) is 0 Å². The van der Waals surface area contributed by atoms with Gasteiger partial charge in [0.1, 0.15) is 18.5 Å². The molecule has 0 spiro atoms. The topological polar surface area (TPSA) is 74.7 Å². The van der Waals surface area contributed by atoms with Gasteiger partial charge >= 0.3 is 0 Å². The van der Waals surface area contributed by atoms with Gasteiger partial charge in [0.05, 0.1) is 0 Å². The second-order valence-electron chi connectivity index (χ2n) is 8.40. The number of nitrogens with zero attached hydrogens (tertiary/aromatic N) is 5. The number of piperidine rings is 1. The molecule has 1 fully saturated rings. The molecule has 0 bridgehead atoms. The molecule has 0 radical (unpaired) electrons. The molecule has 160 valence electrons. The van der Waals surface area contributed by atoms with Crippen LogP contribution in [0.1, 0.15) is 24.8 Å². The van der Waals surface area contributed by atoms with Crippen LogP contribution < -0.4 is 5.32 Å². The van der Waals surface area contributed by atoms with Gasteiger partial charge in [-0.05, 0) is 87.1 Å². The summed E-state index contributed by atoms with van der Waals surface area (Å²) < 4.78 is 1.95. The van der Waals surface area contributed by atoms with Crippen molar-refractivity contribution in [3.05, 3.63) is 67.0 Å². The highest BCUT2D eigenvalue weighted by Crippen LogP contribution is 2.23. The Bertz CT molecular complexity index is 1080. The molecule has 0 unspecified atom stereocenters. The van der Waals surface area contributed by atoms with Gasteiger partial charge in [0, 0.05) is 35.5 Å². The Hall–Kier alpha value is -3.19. The fraction of sp³-hybridized carbons (Fsp3) is 0.375. The van der Waals surface area contributed by atoms with Gasteiger partial charge in [-0.3, -0.25) is 4.57 Å². The third kappa shape index (κ3) is 4.77. The zero-order chi connectivity index (χ0) is 20.9. The van der Waals surface area contributed by atoms with Crippen molar-refractivity contribution in [2.75, 3.05) is 31.5 Å². The minimum absolute atomic E-state index is 0.739. The third-order valence-corrected chi connectivity index (χ3v) is 6.33. The van der Waals surface area contributed by atoms with Gasteiger partial charge in [0.25, 0.3) is 0 Å². The van der Waals surface area contributed by atoms with Crippen molar-refractivity contribution in [2.45, 2.75) is 25.7 Å². The standard InChI is InChI=1S/C24H29N7/c1-2-10-25-24(5-1)27-15-19-8-12-30(13-9-19)11-3-4-20-16-26-23-7-6-21(14-22(20)23)31-17-28-29-18-31/h1-2,5-7,10,14,16-19,26H,3-4,8-9,11-13,15H2,(H,25,27). The molecule has 5 rings (SSSR count). The summed E-state index contributed by atoms with van der Waals surface area (Å²) in [6.07, 6.45) is 12.3. The summed E-state index contributed by atoms with van der Waals surface area (Å²) in [6, 6.07) is 12.5. The highest BCUT2D eigenvalue weighted by atomic mass is 15.2. The number of pyridine rings is 1. The Balaban J connectivity index is 1.09. The van der Waals surface area contributed by atoms with E-state index in [2.05, 4.69) is 54.8 Å². The number of anilines is 1. The summed E-state index contributed by atoms with van der Waals surface area (Å²) >= 11 is 0. The van der Waals surface area contributed by atoms with E-state index in [4.69, 9.17) is 0 Å². The molecule has 1 aliphatic rings. The fourth-order valence-electron chi connectivity index (χ4n) is 4.49. The van der Waals surface area contributed by atoms with E-state index in [0.717, 1.165) is 36.9 Å². The van der Waals surface area contributed by atoms with Crippen molar-refractivity contribution in [3.8, 4) is 5.69 Å². The summed E-state index contributed by atoms with van der Waals surface area (Å²) in [7, 11) is 0. The Morgan fingerprint density at radius 1 is 1.06 bits per heavy atom. The third-order valence-electron chi connectivity index (χ3n) is 6.33. The molecule has 4 aromatic rings. The van der Waals surface area contributed by atoms with Crippen molar-refractivity contribution in [3.63, 3.8) is 0 Å². The first kappa shape index (κ1) is 19.8. The lowest BCUT2D eigenvalue weighted by Gasteiger charge is -2.32. The highest BCUT2D eigenvalue weighted by molar-refractivity contribution is 5.85. The SMILES string of the molecule is c1ccc(NCC2CCN(CCCc3c[nH]c4ccc(-n5cnnc5)cc34)CC2)nc1. The van der Waals surface area contributed by atoms with Crippen molar-refractivity contribution in [1.82, 2.24) is 29.6 Å². The summed E-state index contributed by atoms with van der Waals surface area (Å²) in [5, 5.41) is 12.6. The average Bonchev–Trinajstić information content (AvgIpc) is 3.49. The quantitative estimate of drug-likeness (QED) is 0.457. The molecule has 1 aliphatic heterocycles. The largest absolute Gasteiger partial charge is 0.370 e. The number of H-pyrrole nitrogens is 1. The molecule has 1 saturated heterocycles. The van der Waals surface area contributed by atoms with Gasteiger partial charge in [-0.2, -0.15) is 0 Å². The lowest BCUT2D eigenvalue weighted by molar-refractivity contribution is 0.188. The normalized spacial score (nSPS) is 15.5. The first-order chi connectivity index (χ1) is 15.3. The van der Waals surface area contributed by atoms with Crippen molar-refractivity contribution in [1.29, 1.82) is 0 Å². The van der Waals surface area contributed by atoms with Gasteiger partial charge in [0.2, 0.25) is 0 Å². The molecular weight excluding hydrogens is 386 g/mol. The molecule has 31 heavy (non-hydrogen) atoms. The van der Waals surface area contributed by atoms with E-state index in [0.29, 0.717) is 0 Å². The van der Waals surface area contributed by atoms with Gasteiger partial charge in [-0.25, -0.2) is 4.98 Å². The zero-order valence-electron chi connectivity index (χ0n) is 17.7. The number of aromatic amines is 1. The van der Waals surface area contributed by atoms with Gasteiger partial charge in [-0.15, -0.1) is 10.2 Å². The van der Waals surface area contributed by atoms with Crippen LogP contribution in [0.5, 0.6) is 0 Å². The summed E-state index contributed by atoms with van der Waals surface area (Å²) in [6.45, 7) is 4.58. The summed E-state index contributed by atoms with van der Waals surface area (Å²) in [5.74, 6) is 1.72. The maximum atomic E-state index is 4.35. The van der Waals surface area contributed by atoms with Crippen LogP contribution in [0, 0.1) is 5.92 Å². The fourth-order valence-corrected chi connectivity index (χ4v) is 4.49. The highest BCUT2D eigenvalue weighted by Gasteiger charge is 2.19. The first-order valence-corrected chi connectivity index (χ1v) is 11.2. The molecule has 0 saturated carbocycles. The second kappa shape index (κ2) is 9.31. The number of hydrogen-bond donors (Lipinski definition) is 2. The molecule has 1 aromatic carbocycles. The predicted molar refractivity (Wildman–Crippen MR) is 123 cm³/mol. The minimum atomic E-state index is 0.739. The maximum absolute atomic E-state index is 4.35. The number of nitrogens with one attached hydrogen (secondary N) is 2. The molecule has 0 aliphatic carbocycles. The number of benzene rings is 1. The van der Waals surface area contributed by atoms with Gasteiger partial charge in [-0.1, -0.05) is 6.07 Å². The zero-order valence-corrected chi connectivity index (χ0v) is 17.7. The number of hydrogen-bond acceptors (Lipinski definition) is 5. The molecule has 0 amide bonds. The molecule has 2 N–H and O–H groups in total. The van der Waals surface area contributed by atoms with E-state index < -0.39 is 0 Å². The lowest BCUT2D eigenvalue weighted by atomic mass is 9.96. The van der Waals surface area contributed by atoms with E-state index >= 15 is 0 Å². The number of aromatic nitrogens is 5. The van der Waals surface area contributed by atoms with E-state index in [-0.39, 0.29) is 0 Å². The average molecular weight is 416 g/mol.